The monoisotopic (exact) mass is 237 g/mol. The fourth-order valence-corrected chi connectivity index (χ4v) is 1.98. The summed E-state index contributed by atoms with van der Waals surface area (Å²) in [6.45, 7) is 2.68. The summed E-state index contributed by atoms with van der Waals surface area (Å²) in [7, 11) is 1.67. The Morgan fingerprint density at radius 1 is 1.50 bits per heavy atom. The van der Waals surface area contributed by atoms with Gasteiger partial charge < -0.3 is 4.74 Å². The maximum atomic E-state index is 5.30. The molecule has 2 heterocycles. The van der Waals surface area contributed by atoms with Crippen LogP contribution >= 0.6 is 12.2 Å². The lowest BCUT2D eigenvalue weighted by atomic mass is 10.2. The van der Waals surface area contributed by atoms with Gasteiger partial charge in [0.1, 0.15) is 4.64 Å². The fourth-order valence-electron chi connectivity index (χ4n) is 1.70. The summed E-state index contributed by atoms with van der Waals surface area (Å²) < 4.78 is 7.64. The normalized spacial score (nSPS) is 11.1. The molecule has 2 aromatic heterocycles. The zero-order chi connectivity index (χ0) is 11.5. The Morgan fingerprint density at radius 3 is 3.00 bits per heavy atom. The number of aromatic amines is 1. The van der Waals surface area contributed by atoms with Crippen LogP contribution < -0.4 is 0 Å². The van der Waals surface area contributed by atoms with E-state index in [-0.39, 0.29) is 0 Å². The molecule has 0 atom stereocenters. The van der Waals surface area contributed by atoms with Gasteiger partial charge in [-0.3, -0.25) is 5.10 Å². The van der Waals surface area contributed by atoms with Crippen molar-refractivity contribution in [1.82, 2.24) is 14.6 Å². The van der Waals surface area contributed by atoms with E-state index >= 15 is 0 Å². The minimum absolute atomic E-state index is 0.543. The highest BCUT2D eigenvalue weighted by Crippen LogP contribution is 2.09. The first-order valence-corrected chi connectivity index (χ1v) is 5.75. The first kappa shape index (κ1) is 11.3. The molecular weight excluding hydrogens is 222 g/mol. The maximum Gasteiger partial charge on any atom is 0.154 e. The second-order valence-corrected chi connectivity index (χ2v) is 4.16. The molecule has 0 radical (unpaired) electrons. The summed E-state index contributed by atoms with van der Waals surface area (Å²) in [5.74, 6) is 0. The Morgan fingerprint density at radius 2 is 2.31 bits per heavy atom. The first-order valence-electron chi connectivity index (χ1n) is 5.34. The molecule has 0 aliphatic rings. The fraction of sp³-hybridized carbons (Fsp3) is 0.455. The molecule has 16 heavy (non-hydrogen) atoms. The second-order valence-electron chi connectivity index (χ2n) is 3.74. The highest BCUT2D eigenvalue weighted by Gasteiger charge is 2.03. The molecule has 0 bridgehead atoms. The number of H-pyrrole nitrogens is 1. The number of rotatable bonds is 4. The summed E-state index contributed by atoms with van der Waals surface area (Å²) in [4.78, 5) is 4.54. The van der Waals surface area contributed by atoms with Crippen molar-refractivity contribution < 1.29 is 4.74 Å². The molecule has 1 N–H and O–H groups in total. The number of nitrogens with zero attached hydrogens (tertiary/aromatic N) is 2. The van der Waals surface area contributed by atoms with Crippen molar-refractivity contribution in [1.29, 1.82) is 0 Å². The second kappa shape index (κ2) is 4.76. The van der Waals surface area contributed by atoms with Crippen LogP contribution in [-0.4, -0.2) is 21.7 Å². The molecule has 0 aliphatic carbocycles. The summed E-state index contributed by atoms with van der Waals surface area (Å²) in [6, 6.07) is 3.91. The topological polar surface area (TPSA) is 42.3 Å². The van der Waals surface area contributed by atoms with E-state index < -0.39 is 0 Å². The average molecular weight is 237 g/mol. The van der Waals surface area contributed by atoms with Gasteiger partial charge in [-0.15, -0.1) is 0 Å². The van der Waals surface area contributed by atoms with Gasteiger partial charge in [0.15, 0.2) is 5.65 Å². The number of methoxy groups -OCH3 is 1. The molecular formula is C11H15N3OS. The number of nitrogens with one attached hydrogen (secondary N) is 1. The molecule has 2 aromatic rings. The van der Waals surface area contributed by atoms with Crippen molar-refractivity contribution in [2.75, 3.05) is 7.11 Å². The molecule has 0 amide bonds. The lowest BCUT2D eigenvalue weighted by Gasteiger charge is -1.99. The Bertz CT molecular complexity index is 544. The SMILES string of the molecule is CCCc1cc(=S)n2[nH]c(COC)cc2n1. The summed E-state index contributed by atoms with van der Waals surface area (Å²) in [6.07, 6.45) is 2.04. The van der Waals surface area contributed by atoms with Crippen molar-refractivity contribution in [2.45, 2.75) is 26.4 Å². The van der Waals surface area contributed by atoms with Gasteiger partial charge in [0, 0.05) is 18.9 Å². The largest absolute Gasteiger partial charge is 0.378 e. The Balaban J connectivity index is 2.50. The number of hydrogen-bond acceptors (Lipinski definition) is 3. The van der Waals surface area contributed by atoms with Gasteiger partial charge in [0.25, 0.3) is 0 Å². The van der Waals surface area contributed by atoms with Gasteiger partial charge in [-0.25, -0.2) is 9.50 Å². The minimum Gasteiger partial charge on any atom is -0.378 e. The zero-order valence-electron chi connectivity index (χ0n) is 9.49. The molecule has 0 unspecified atom stereocenters. The van der Waals surface area contributed by atoms with Crippen LogP contribution in [0.25, 0.3) is 5.65 Å². The van der Waals surface area contributed by atoms with Crippen LogP contribution in [0, 0.1) is 4.64 Å². The van der Waals surface area contributed by atoms with Crippen LogP contribution in [0.4, 0.5) is 0 Å². The zero-order valence-corrected chi connectivity index (χ0v) is 10.3. The number of aryl methyl sites for hydroxylation is 1. The van der Waals surface area contributed by atoms with Crippen LogP contribution in [0.15, 0.2) is 12.1 Å². The highest BCUT2D eigenvalue weighted by atomic mass is 32.1. The van der Waals surface area contributed by atoms with Crippen molar-refractivity contribution in [3.63, 3.8) is 0 Å². The lowest BCUT2D eigenvalue weighted by molar-refractivity contribution is 0.181. The first-order chi connectivity index (χ1) is 7.74. The summed E-state index contributed by atoms with van der Waals surface area (Å²) in [5, 5.41) is 3.16. The van der Waals surface area contributed by atoms with Gasteiger partial charge in [-0.05, 0) is 12.5 Å². The Labute approximate surface area is 99.3 Å². The Hall–Kier alpha value is -1.20. The van der Waals surface area contributed by atoms with Gasteiger partial charge in [0.2, 0.25) is 0 Å². The molecule has 4 nitrogen and oxygen atoms in total. The summed E-state index contributed by atoms with van der Waals surface area (Å²) in [5.41, 5.74) is 2.90. The van der Waals surface area contributed by atoms with Crippen LogP contribution in [0.5, 0.6) is 0 Å². The van der Waals surface area contributed by atoms with Crippen LogP contribution in [0.2, 0.25) is 0 Å². The van der Waals surface area contributed by atoms with E-state index in [1.165, 1.54) is 0 Å². The van der Waals surface area contributed by atoms with Crippen LogP contribution in [-0.2, 0) is 17.8 Å². The van der Waals surface area contributed by atoms with E-state index in [2.05, 4.69) is 17.0 Å². The van der Waals surface area contributed by atoms with Crippen LogP contribution in [0.3, 0.4) is 0 Å². The molecule has 5 heteroatoms. The number of hydrogen-bond donors (Lipinski definition) is 1. The third kappa shape index (κ3) is 2.15. The number of aromatic nitrogens is 3. The van der Waals surface area contributed by atoms with E-state index in [1.54, 1.807) is 7.11 Å². The van der Waals surface area contributed by atoms with Crippen molar-refractivity contribution in [2.24, 2.45) is 0 Å². The maximum absolute atomic E-state index is 5.30. The smallest absolute Gasteiger partial charge is 0.154 e. The van der Waals surface area contributed by atoms with E-state index in [1.807, 2.05) is 16.6 Å². The third-order valence-corrected chi connectivity index (χ3v) is 2.66. The standard InChI is InChI=1S/C11H15N3OS/c1-3-4-8-6-11(16)14-10(12-8)5-9(13-14)7-15-2/h5-6,13H,3-4,7H2,1-2H3. The number of fused-ring (bicyclic) bond motifs is 1. The predicted molar refractivity (Wildman–Crippen MR) is 65.1 cm³/mol. The van der Waals surface area contributed by atoms with Crippen molar-refractivity contribution in [3.8, 4) is 0 Å². The third-order valence-electron chi connectivity index (χ3n) is 2.36. The van der Waals surface area contributed by atoms with E-state index in [0.717, 1.165) is 34.5 Å². The van der Waals surface area contributed by atoms with Gasteiger partial charge >= 0.3 is 0 Å². The molecule has 86 valence electrons. The summed E-state index contributed by atoms with van der Waals surface area (Å²) >= 11 is 5.30. The molecule has 0 aromatic carbocycles. The van der Waals surface area contributed by atoms with E-state index in [9.17, 15) is 0 Å². The average Bonchev–Trinajstić information content (AvgIpc) is 2.62. The highest BCUT2D eigenvalue weighted by molar-refractivity contribution is 7.71. The van der Waals surface area contributed by atoms with Gasteiger partial charge in [-0.2, -0.15) is 0 Å². The minimum atomic E-state index is 0.543. The predicted octanol–water partition coefficient (Wildman–Crippen LogP) is 2.49. The molecule has 2 rings (SSSR count). The molecule has 0 aliphatic heterocycles. The Kier molecular flexibility index (Phi) is 3.36. The molecule has 0 saturated heterocycles. The van der Waals surface area contributed by atoms with Crippen LogP contribution in [0.1, 0.15) is 24.7 Å². The van der Waals surface area contributed by atoms with Gasteiger partial charge in [-0.1, -0.05) is 25.6 Å². The van der Waals surface area contributed by atoms with Gasteiger partial charge in [0.05, 0.1) is 12.3 Å². The number of ether oxygens (including phenoxy) is 1. The van der Waals surface area contributed by atoms with Crippen molar-refractivity contribution in [3.05, 3.63) is 28.2 Å². The van der Waals surface area contributed by atoms with E-state index in [4.69, 9.17) is 17.0 Å². The van der Waals surface area contributed by atoms with E-state index in [0.29, 0.717) is 6.61 Å². The molecule has 0 fully saturated rings. The lowest BCUT2D eigenvalue weighted by Crippen LogP contribution is -1.97. The molecule has 0 saturated carbocycles. The quantitative estimate of drug-likeness (QED) is 0.831. The molecule has 0 spiro atoms. The van der Waals surface area contributed by atoms with Crippen molar-refractivity contribution >= 4 is 17.9 Å².